The number of amides is 1. The number of halogens is 1. The Morgan fingerprint density at radius 2 is 2.23 bits per heavy atom. The molecule has 6 nitrogen and oxygen atoms in total. The van der Waals surface area contributed by atoms with E-state index >= 15 is 0 Å². The van der Waals surface area contributed by atoms with Crippen LogP contribution in [-0.2, 0) is 16.1 Å². The highest BCUT2D eigenvalue weighted by molar-refractivity contribution is 5.89. The molecule has 134 valence electrons. The average Bonchev–Trinajstić information content (AvgIpc) is 2.84. The molecule has 2 bridgehead atoms. The van der Waals surface area contributed by atoms with Crippen LogP contribution in [0.5, 0.6) is 0 Å². The van der Waals surface area contributed by atoms with Gasteiger partial charge < -0.3 is 19.9 Å². The number of carbonyl (C=O) groups excluding carboxylic acids is 1. The number of piperidine rings is 1. The number of rotatable bonds is 2. The van der Waals surface area contributed by atoms with E-state index in [2.05, 4.69) is 21.3 Å². The summed E-state index contributed by atoms with van der Waals surface area (Å²) < 4.78 is 19.4. The second-order valence-corrected chi connectivity index (χ2v) is 7.06. The van der Waals surface area contributed by atoms with Crippen molar-refractivity contribution in [3.8, 4) is 0 Å². The van der Waals surface area contributed by atoms with Crippen LogP contribution >= 0.6 is 0 Å². The molecular weight excluding hydrogens is 335 g/mol. The van der Waals surface area contributed by atoms with Gasteiger partial charge in [-0.25, -0.2) is 9.37 Å². The van der Waals surface area contributed by atoms with E-state index < -0.39 is 5.82 Å². The molecule has 3 saturated heterocycles. The van der Waals surface area contributed by atoms with Crippen molar-refractivity contribution in [1.29, 1.82) is 0 Å². The van der Waals surface area contributed by atoms with Crippen molar-refractivity contribution in [2.24, 2.45) is 0 Å². The molecule has 26 heavy (non-hydrogen) atoms. The Labute approximate surface area is 150 Å². The van der Waals surface area contributed by atoms with Crippen molar-refractivity contribution in [3.05, 3.63) is 41.8 Å². The van der Waals surface area contributed by atoms with E-state index in [0.717, 1.165) is 49.5 Å². The van der Waals surface area contributed by atoms with Crippen LogP contribution in [0.4, 0.5) is 27.3 Å². The van der Waals surface area contributed by atoms with Gasteiger partial charge in [0.05, 0.1) is 42.9 Å². The second-order valence-electron chi connectivity index (χ2n) is 7.06. The predicted octanol–water partition coefficient (Wildman–Crippen LogP) is 2.81. The first kappa shape index (κ1) is 15.6. The second kappa shape index (κ2) is 5.95. The van der Waals surface area contributed by atoms with Gasteiger partial charge in [0.25, 0.3) is 0 Å². The first-order chi connectivity index (χ1) is 12.7. The zero-order valence-corrected chi connectivity index (χ0v) is 14.2. The van der Waals surface area contributed by atoms with Gasteiger partial charge in [0.1, 0.15) is 11.6 Å². The Hall–Kier alpha value is -2.67. The summed E-state index contributed by atoms with van der Waals surface area (Å²) in [6.07, 6.45) is 4.50. The van der Waals surface area contributed by atoms with Gasteiger partial charge in [0.15, 0.2) is 0 Å². The van der Waals surface area contributed by atoms with Crippen LogP contribution in [0.2, 0.25) is 0 Å². The van der Waals surface area contributed by atoms with Gasteiger partial charge in [-0.3, -0.25) is 4.79 Å². The maximum absolute atomic E-state index is 13.6. The molecule has 0 saturated carbocycles. The van der Waals surface area contributed by atoms with Crippen LogP contribution < -0.4 is 15.1 Å². The van der Waals surface area contributed by atoms with E-state index in [-0.39, 0.29) is 12.6 Å². The molecule has 0 spiro atoms. The smallest absolute Gasteiger partial charge is 0.214 e. The standard InChI is InChI=1S/C19H19FN4O2/c20-13-5-12-8-23(11-25)18-6-14(2-4-17(18)22-19(12)21-7-13)24-9-16-3-1-15(24)10-26-16/h2,4-7,11,15-16H,1,3,8-10H2,(H,21,22)/t15-,16-/m0/s1. The van der Waals surface area contributed by atoms with Gasteiger partial charge in [-0.1, -0.05) is 0 Å². The largest absolute Gasteiger partial charge is 0.374 e. The lowest BCUT2D eigenvalue weighted by atomic mass is 9.96. The molecule has 6 rings (SSSR count). The highest BCUT2D eigenvalue weighted by Gasteiger charge is 2.35. The summed E-state index contributed by atoms with van der Waals surface area (Å²) >= 11 is 0. The number of carbonyl (C=O) groups is 1. The van der Waals surface area contributed by atoms with E-state index in [9.17, 15) is 9.18 Å². The van der Waals surface area contributed by atoms with Crippen molar-refractivity contribution in [2.75, 3.05) is 28.3 Å². The van der Waals surface area contributed by atoms with Crippen LogP contribution in [0.25, 0.3) is 0 Å². The number of hydrogen-bond donors (Lipinski definition) is 1. The van der Waals surface area contributed by atoms with Crippen LogP contribution in [0, 0.1) is 5.82 Å². The van der Waals surface area contributed by atoms with Crippen LogP contribution in [0.3, 0.4) is 0 Å². The molecule has 7 heteroatoms. The summed E-state index contributed by atoms with van der Waals surface area (Å²) in [7, 11) is 0. The molecule has 1 N–H and O–H groups in total. The highest BCUT2D eigenvalue weighted by atomic mass is 19.1. The predicted molar refractivity (Wildman–Crippen MR) is 96.3 cm³/mol. The average molecular weight is 354 g/mol. The Morgan fingerprint density at radius 1 is 1.31 bits per heavy atom. The number of fused-ring (bicyclic) bond motifs is 5. The van der Waals surface area contributed by atoms with Crippen LogP contribution in [0.15, 0.2) is 30.5 Å². The van der Waals surface area contributed by atoms with Crippen molar-refractivity contribution in [1.82, 2.24) is 4.98 Å². The number of benzene rings is 1. The highest BCUT2D eigenvalue weighted by Crippen LogP contribution is 2.39. The zero-order valence-electron chi connectivity index (χ0n) is 14.2. The maximum Gasteiger partial charge on any atom is 0.214 e. The molecule has 3 fully saturated rings. The molecule has 4 aliphatic heterocycles. The minimum Gasteiger partial charge on any atom is -0.374 e. The zero-order chi connectivity index (χ0) is 17.7. The molecule has 2 atom stereocenters. The lowest BCUT2D eigenvalue weighted by Crippen LogP contribution is -2.54. The number of anilines is 4. The molecule has 0 unspecified atom stereocenters. The maximum atomic E-state index is 13.6. The number of hydrogen-bond acceptors (Lipinski definition) is 5. The van der Waals surface area contributed by atoms with E-state index in [4.69, 9.17) is 4.74 Å². The molecule has 1 aromatic heterocycles. The monoisotopic (exact) mass is 354 g/mol. The summed E-state index contributed by atoms with van der Waals surface area (Å²) in [6.45, 7) is 1.92. The SMILES string of the molecule is O=CN1Cc2cc(F)cnc2Nc2ccc(N3C[C@@H]4CC[C@H]3CO4)cc21. The molecule has 0 radical (unpaired) electrons. The molecule has 1 aromatic carbocycles. The Bertz CT molecular complexity index is 867. The fourth-order valence-electron chi connectivity index (χ4n) is 4.11. The molecule has 1 amide bonds. The van der Waals surface area contributed by atoms with Gasteiger partial charge in [-0.15, -0.1) is 0 Å². The molecule has 2 aromatic rings. The van der Waals surface area contributed by atoms with Crippen molar-refractivity contribution in [3.63, 3.8) is 0 Å². The fraction of sp³-hybridized carbons (Fsp3) is 0.368. The van der Waals surface area contributed by atoms with E-state index in [0.29, 0.717) is 17.4 Å². The lowest BCUT2D eigenvalue weighted by Gasteiger charge is -2.46. The molecule has 0 aliphatic carbocycles. The third-order valence-corrected chi connectivity index (χ3v) is 5.46. The number of nitrogens with one attached hydrogen (secondary N) is 1. The van der Waals surface area contributed by atoms with Gasteiger partial charge in [0.2, 0.25) is 6.41 Å². The summed E-state index contributed by atoms with van der Waals surface area (Å²) in [5, 5.41) is 3.24. The third kappa shape index (κ3) is 2.50. The lowest BCUT2D eigenvalue weighted by molar-refractivity contribution is -0.107. The summed E-state index contributed by atoms with van der Waals surface area (Å²) in [5.74, 6) is 0.169. The van der Waals surface area contributed by atoms with Gasteiger partial charge >= 0.3 is 0 Å². The topological polar surface area (TPSA) is 57.7 Å². The fourth-order valence-corrected chi connectivity index (χ4v) is 4.11. The van der Waals surface area contributed by atoms with Gasteiger partial charge in [-0.05, 0) is 37.1 Å². The van der Waals surface area contributed by atoms with Crippen LogP contribution in [0.1, 0.15) is 18.4 Å². The Kier molecular flexibility index (Phi) is 3.56. The molecule has 4 aliphatic rings. The third-order valence-electron chi connectivity index (χ3n) is 5.46. The first-order valence-corrected chi connectivity index (χ1v) is 8.87. The normalized spacial score (nSPS) is 23.7. The minimum atomic E-state index is -0.410. The van der Waals surface area contributed by atoms with Crippen molar-refractivity contribution in [2.45, 2.75) is 31.5 Å². The van der Waals surface area contributed by atoms with Gasteiger partial charge in [0, 0.05) is 17.8 Å². The summed E-state index contributed by atoms with van der Waals surface area (Å²) in [6, 6.07) is 7.85. The van der Waals surface area contributed by atoms with Crippen molar-refractivity contribution >= 4 is 29.3 Å². The number of nitrogens with zero attached hydrogens (tertiary/aromatic N) is 3. The Morgan fingerprint density at radius 3 is 2.96 bits per heavy atom. The number of ether oxygens (including phenoxy) is 1. The summed E-state index contributed by atoms with van der Waals surface area (Å²) in [5.41, 5.74) is 3.30. The summed E-state index contributed by atoms with van der Waals surface area (Å²) in [4.78, 5) is 19.8. The molecule has 5 heterocycles. The number of morpholine rings is 1. The van der Waals surface area contributed by atoms with E-state index in [1.54, 1.807) is 4.90 Å². The van der Waals surface area contributed by atoms with Crippen molar-refractivity contribution < 1.29 is 13.9 Å². The first-order valence-electron chi connectivity index (χ1n) is 8.87. The molecular formula is C19H19FN4O2. The Balaban J connectivity index is 1.53. The van der Waals surface area contributed by atoms with E-state index in [1.165, 1.54) is 12.3 Å². The minimum absolute atomic E-state index is 0.280. The van der Waals surface area contributed by atoms with Crippen LogP contribution in [-0.4, -0.2) is 36.7 Å². The van der Waals surface area contributed by atoms with Gasteiger partial charge in [-0.2, -0.15) is 0 Å². The number of aromatic nitrogens is 1. The van der Waals surface area contributed by atoms with E-state index in [1.807, 2.05) is 12.1 Å². The quantitative estimate of drug-likeness (QED) is 0.841. The number of pyridine rings is 1.